The minimum absolute atomic E-state index is 0.218. The molecule has 0 atom stereocenters. The molecule has 5 nitrogen and oxygen atoms in total. The highest BCUT2D eigenvalue weighted by Crippen LogP contribution is 2.18. The van der Waals surface area contributed by atoms with Crippen LogP contribution in [0.2, 0.25) is 0 Å². The molecule has 0 aromatic carbocycles. The summed E-state index contributed by atoms with van der Waals surface area (Å²) in [6.07, 6.45) is 1.96. The number of rotatable bonds is 6. The van der Waals surface area contributed by atoms with Gasteiger partial charge in [0.2, 0.25) is 0 Å². The Morgan fingerprint density at radius 3 is 2.53 bits per heavy atom. The van der Waals surface area contributed by atoms with Gasteiger partial charge >= 0.3 is 0 Å². The van der Waals surface area contributed by atoms with Gasteiger partial charge in [0.1, 0.15) is 11.6 Å². The molecule has 0 spiro atoms. The molecule has 0 saturated carbocycles. The largest absolute Gasteiger partial charge is 0.377 e. The topological polar surface area (TPSA) is 59.1 Å². The number of hydrogen-bond donors (Lipinski definition) is 2. The van der Waals surface area contributed by atoms with Crippen molar-refractivity contribution < 1.29 is 4.74 Å². The first-order valence-corrected chi connectivity index (χ1v) is 6.63. The number of thioether (sulfide) groups is 1. The highest BCUT2D eigenvalue weighted by molar-refractivity contribution is 7.98. The van der Waals surface area contributed by atoms with Gasteiger partial charge in [-0.25, -0.2) is 9.97 Å². The van der Waals surface area contributed by atoms with Gasteiger partial charge in [-0.2, -0.15) is 0 Å². The molecule has 17 heavy (non-hydrogen) atoms. The second kappa shape index (κ2) is 6.07. The number of nitrogens with zero attached hydrogens (tertiary/aromatic N) is 2. The van der Waals surface area contributed by atoms with E-state index in [9.17, 15) is 0 Å². The maximum atomic E-state index is 5.35. The lowest BCUT2D eigenvalue weighted by Crippen LogP contribution is -2.32. The minimum Gasteiger partial charge on any atom is -0.377 e. The van der Waals surface area contributed by atoms with E-state index in [4.69, 9.17) is 4.74 Å². The van der Waals surface area contributed by atoms with Gasteiger partial charge in [0, 0.05) is 26.8 Å². The zero-order valence-corrected chi connectivity index (χ0v) is 11.8. The van der Waals surface area contributed by atoms with Gasteiger partial charge in [-0.05, 0) is 20.1 Å². The van der Waals surface area contributed by atoms with Crippen molar-refractivity contribution in [3.63, 3.8) is 0 Å². The average Bonchev–Trinajstić information content (AvgIpc) is 2.36. The Morgan fingerprint density at radius 2 is 2.00 bits per heavy atom. The molecule has 0 radical (unpaired) electrons. The fraction of sp³-hybridized carbons (Fsp3) is 0.636. The molecule has 0 unspecified atom stereocenters. The third-order valence-corrected chi connectivity index (χ3v) is 2.94. The van der Waals surface area contributed by atoms with Crippen LogP contribution in [0.4, 0.5) is 11.6 Å². The third-order valence-electron chi connectivity index (χ3n) is 2.39. The summed E-state index contributed by atoms with van der Waals surface area (Å²) in [5.74, 6) is 1.61. The van der Waals surface area contributed by atoms with Crippen LogP contribution in [-0.2, 0) is 4.74 Å². The monoisotopic (exact) mass is 256 g/mol. The van der Waals surface area contributed by atoms with Crippen molar-refractivity contribution in [2.75, 3.05) is 37.6 Å². The average molecular weight is 256 g/mol. The minimum atomic E-state index is -0.218. The smallest absolute Gasteiger partial charge is 0.191 e. The van der Waals surface area contributed by atoms with Crippen LogP contribution in [0.1, 0.15) is 13.8 Å². The third kappa shape index (κ3) is 4.40. The summed E-state index contributed by atoms with van der Waals surface area (Å²) in [6, 6.07) is 1.88. The Hall–Kier alpha value is -1.01. The van der Waals surface area contributed by atoms with Gasteiger partial charge < -0.3 is 15.4 Å². The highest BCUT2D eigenvalue weighted by atomic mass is 32.2. The van der Waals surface area contributed by atoms with Crippen molar-refractivity contribution in [2.45, 2.75) is 24.6 Å². The second-order valence-electron chi connectivity index (χ2n) is 4.19. The van der Waals surface area contributed by atoms with E-state index in [1.165, 1.54) is 11.8 Å². The molecule has 0 amide bonds. The van der Waals surface area contributed by atoms with E-state index in [1.54, 1.807) is 7.11 Å². The summed E-state index contributed by atoms with van der Waals surface area (Å²) in [7, 11) is 3.54. The van der Waals surface area contributed by atoms with Crippen LogP contribution in [-0.4, -0.2) is 42.5 Å². The van der Waals surface area contributed by atoms with Crippen molar-refractivity contribution >= 4 is 23.4 Å². The van der Waals surface area contributed by atoms with Crippen LogP contribution in [0, 0.1) is 0 Å². The Morgan fingerprint density at radius 1 is 1.35 bits per heavy atom. The molecule has 0 saturated heterocycles. The predicted octanol–water partition coefficient (Wildman–Crippen LogP) is 2.08. The maximum Gasteiger partial charge on any atom is 0.191 e. The standard InChI is InChI=1S/C11H20N4OS/c1-11(2,16-4)7-13-9-6-8(12-3)14-10(15-9)17-5/h6H,7H2,1-5H3,(H2,12,13,14,15). The molecule has 2 N–H and O–H groups in total. The molecule has 0 aliphatic heterocycles. The van der Waals surface area contributed by atoms with E-state index in [0.29, 0.717) is 6.54 Å². The van der Waals surface area contributed by atoms with E-state index in [2.05, 4.69) is 20.6 Å². The van der Waals surface area contributed by atoms with Crippen LogP contribution in [0.25, 0.3) is 0 Å². The summed E-state index contributed by atoms with van der Waals surface area (Å²) in [5, 5.41) is 7.02. The molecule has 0 bridgehead atoms. The highest BCUT2D eigenvalue weighted by Gasteiger charge is 2.16. The molecule has 0 aliphatic carbocycles. The normalized spacial score (nSPS) is 11.4. The molecular weight excluding hydrogens is 236 g/mol. The predicted molar refractivity (Wildman–Crippen MR) is 72.9 cm³/mol. The quantitative estimate of drug-likeness (QED) is 0.600. The lowest BCUT2D eigenvalue weighted by atomic mass is 10.1. The Bertz CT molecular complexity index is 348. The molecule has 1 aromatic heterocycles. The van der Waals surface area contributed by atoms with Crippen molar-refractivity contribution in [1.82, 2.24) is 9.97 Å². The van der Waals surface area contributed by atoms with Gasteiger partial charge in [-0.1, -0.05) is 11.8 Å². The molecule has 1 heterocycles. The van der Waals surface area contributed by atoms with Gasteiger partial charge in [-0.3, -0.25) is 0 Å². The number of aromatic nitrogens is 2. The first-order valence-electron chi connectivity index (χ1n) is 5.40. The Kier molecular flexibility index (Phi) is 5.02. The zero-order valence-electron chi connectivity index (χ0n) is 11.0. The first kappa shape index (κ1) is 14.1. The van der Waals surface area contributed by atoms with Crippen molar-refractivity contribution in [2.24, 2.45) is 0 Å². The van der Waals surface area contributed by atoms with Gasteiger partial charge in [0.15, 0.2) is 5.16 Å². The number of nitrogens with one attached hydrogen (secondary N) is 2. The van der Waals surface area contributed by atoms with Gasteiger partial charge in [-0.15, -0.1) is 0 Å². The molecule has 0 fully saturated rings. The molecule has 0 aliphatic rings. The Labute approximate surface area is 107 Å². The molecular formula is C11H20N4OS. The summed E-state index contributed by atoms with van der Waals surface area (Å²) in [6.45, 7) is 4.74. The SMILES string of the molecule is CNc1cc(NCC(C)(C)OC)nc(SC)n1. The van der Waals surface area contributed by atoms with Crippen LogP contribution in [0.5, 0.6) is 0 Å². The van der Waals surface area contributed by atoms with Crippen molar-refractivity contribution in [1.29, 1.82) is 0 Å². The summed E-state index contributed by atoms with van der Waals surface area (Å²) >= 11 is 1.52. The van der Waals surface area contributed by atoms with E-state index in [0.717, 1.165) is 16.8 Å². The Balaban J connectivity index is 2.76. The number of methoxy groups -OCH3 is 1. The molecule has 1 rings (SSSR count). The van der Waals surface area contributed by atoms with E-state index >= 15 is 0 Å². The van der Waals surface area contributed by atoms with Gasteiger partial charge in [0.05, 0.1) is 5.60 Å². The van der Waals surface area contributed by atoms with Gasteiger partial charge in [0.25, 0.3) is 0 Å². The van der Waals surface area contributed by atoms with Crippen LogP contribution >= 0.6 is 11.8 Å². The maximum absolute atomic E-state index is 5.35. The lowest BCUT2D eigenvalue weighted by Gasteiger charge is -2.23. The summed E-state index contributed by atoms with van der Waals surface area (Å²) < 4.78 is 5.35. The van der Waals surface area contributed by atoms with E-state index < -0.39 is 0 Å². The number of hydrogen-bond acceptors (Lipinski definition) is 6. The fourth-order valence-corrected chi connectivity index (χ4v) is 1.49. The molecule has 1 aromatic rings. The van der Waals surface area contributed by atoms with E-state index in [-0.39, 0.29) is 5.60 Å². The van der Waals surface area contributed by atoms with Crippen molar-refractivity contribution in [3.8, 4) is 0 Å². The van der Waals surface area contributed by atoms with Crippen LogP contribution < -0.4 is 10.6 Å². The molecule has 96 valence electrons. The van der Waals surface area contributed by atoms with Crippen LogP contribution in [0.15, 0.2) is 11.2 Å². The van der Waals surface area contributed by atoms with Crippen molar-refractivity contribution in [3.05, 3.63) is 6.07 Å². The zero-order chi connectivity index (χ0) is 12.9. The van der Waals surface area contributed by atoms with Crippen LogP contribution in [0.3, 0.4) is 0 Å². The second-order valence-corrected chi connectivity index (χ2v) is 4.97. The lowest BCUT2D eigenvalue weighted by molar-refractivity contribution is 0.0343. The number of ether oxygens (including phenoxy) is 1. The summed E-state index contributed by atoms with van der Waals surface area (Å²) in [4.78, 5) is 8.69. The first-order chi connectivity index (χ1) is 8.00. The fourth-order valence-electron chi connectivity index (χ4n) is 1.11. The molecule has 6 heteroatoms. The summed E-state index contributed by atoms with van der Waals surface area (Å²) in [5.41, 5.74) is -0.218. The van der Waals surface area contributed by atoms with E-state index in [1.807, 2.05) is 33.2 Å². The number of anilines is 2.